The van der Waals surface area contributed by atoms with Gasteiger partial charge in [0.05, 0.1) is 12.6 Å². The van der Waals surface area contributed by atoms with Crippen molar-refractivity contribution in [2.75, 3.05) is 0 Å². The Labute approximate surface area is 93.2 Å². The van der Waals surface area contributed by atoms with Gasteiger partial charge in [-0.05, 0) is 35.6 Å². The van der Waals surface area contributed by atoms with Crippen molar-refractivity contribution < 1.29 is 0 Å². The van der Waals surface area contributed by atoms with Gasteiger partial charge in [-0.25, -0.2) is 10.1 Å². The number of nitrogens with zero attached hydrogens (tertiary/aromatic N) is 2. The summed E-state index contributed by atoms with van der Waals surface area (Å²) in [5.41, 5.74) is 3.06. The Hall–Kier alpha value is -1.77. The standard InChI is InChI=1S/C12H7ClN2/c1-15-12(7-14)10-6-5-9-8(10)3-2-4-11(9)13/h2-4H,5-6H2/b12-10+. The minimum Gasteiger partial charge on any atom is -0.226 e. The molecule has 0 radical (unpaired) electrons. The van der Waals surface area contributed by atoms with Gasteiger partial charge in [-0.15, -0.1) is 0 Å². The van der Waals surface area contributed by atoms with Crippen LogP contribution in [0.4, 0.5) is 0 Å². The normalized spacial score (nSPS) is 16.5. The van der Waals surface area contributed by atoms with E-state index < -0.39 is 0 Å². The van der Waals surface area contributed by atoms with Crippen molar-refractivity contribution in [2.24, 2.45) is 0 Å². The van der Waals surface area contributed by atoms with Gasteiger partial charge in [-0.1, -0.05) is 23.7 Å². The van der Waals surface area contributed by atoms with Crippen LogP contribution in [-0.2, 0) is 6.42 Å². The molecule has 0 saturated heterocycles. The van der Waals surface area contributed by atoms with Gasteiger partial charge in [0.15, 0.2) is 0 Å². The van der Waals surface area contributed by atoms with Crippen molar-refractivity contribution in [1.82, 2.24) is 0 Å². The van der Waals surface area contributed by atoms with E-state index in [2.05, 4.69) is 4.85 Å². The Morgan fingerprint density at radius 1 is 1.47 bits per heavy atom. The molecule has 0 amide bonds. The van der Waals surface area contributed by atoms with E-state index in [1.807, 2.05) is 24.3 Å². The fourth-order valence-corrected chi connectivity index (χ4v) is 2.16. The van der Waals surface area contributed by atoms with Crippen LogP contribution in [0.5, 0.6) is 0 Å². The SMILES string of the molecule is [C-]#[N+]/C(C#N)=C1\CCc2c(Cl)cccc21. The van der Waals surface area contributed by atoms with Gasteiger partial charge >= 0.3 is 0 Å². The largest absolute Gasteiger partial charge is 0.265 e. The third-order valence-corrected chi connectivity index (χ3v) is 2.93. The zero-order valence-electron chi connectivity index (χ0n) is 7.92. The molecule has 72 valence electrons. The third kappa shape index (κ3) is 1.50. The molecule has 0 aliphatic heterocycles. The smallest absolute Gasteiger partial charge is 0.226 e. The van der Waals surface area contributed by atoms with Crippen LogP contribution in [0, 0.1) is 17.9 Å². The van der Waals surface area contributed by atoms with Crippen molar-refractivity contribution in [3.63, 3.8) is 0 Å². The lowest BCUT2D eigenvalue weighted by Crippen LogP contribution is -1.83. The third-order valence-electron chi connectivity index (χ3n) is 2.57. The average molecular weight is 215 g/mol. The highest BCUT2D eigenvalue weighted by atomic mass is 35.5. The average Bonchev–Trinajstić information content (AvgIpc) is 2.66. The first-order chi connectivity index (χ1) is 7.27. The summed E-state index contributed by atoms with van der Waals surface area (Å²) in [5.74, 6) is 0. The Morgan fingerprint density at radius 3 is 2.93 bits per heavy atom. The van der Waals surface area contributed by atoms with Gasteiger partial charge in [0, 0.05) is 5.02 Å². The van der Waals surface area contributed by atoms with E-state index >= 15 is 0 Å². The Morgan fingerprint density at radius 2 is 2.27 bits per heavy atom. The molecule has 2 nitrogen and oxygen atoms in total. The van der Waals surface area contributed by atoms with Crippen LogP contribution >= 0.6 is 11.6 Å². The Bertz CT molecular complexity index is 514. The van der Waals surface area contributed by atoms with Crippen molar-refractivity contribution in [2.45, 2.75) is 12.8 Å². The fraction of sp³-hybridized carbons (Fsp3) is 0.167. The molecule has 1 aromatic rings. The van der Waals surface area contributed by atoms with Crippen molar-refractivity contribution in [1.29, 1.82) is 5.26 Å². The minimum absolute atomic E-state index is 0.191. The molecule has 15 heavy (non-hydrogen) atoms. The van der Waals surface area contributed by atoms with Gasteiger partial charge in [-0.3, -0.25) is 0 Å². The molecule has 0 atom stereocenters. The molecule has 1 aliphatic rings. The predicted molar refractivity (Wildman–Crippen MR) is 58.9 cm³/mol. The van der Waals surface area contributed by atoms with Gasteiger partial charge in [-0.2, -0.15) is 0 Å². The summed E-state index contributed by atoms with van der Waals surface area (Å²) < 4.78 is 0. The van der Waals surface area contributed by atoms with Crippen LogP contribution in [0.15, 0.2) is 23.9 Å². The molecule has 0 bridgehead atoms. The summed E-state index contributed by atoms with van der Waals surface area (Å²) >= 11 is 6.04. The van der Waals surface area contributed by atoms with Crippen LogP contribution < -0.4 is 0 Å². The number of rotatable bonds is 0. The summed E-state index contributed by atoms with van der Waals surface area (Å²) in [6.07, 6.45) is 1.56. The van der Waals surface area contributed by atoms with Crippen LogP contribution in [-0.4, -0.2) is 0 Å². The van der Waals surface area contributed by atoms with Crippen LogP contribution in [0.1, 0.15) is 17.5 Å². The van der Waals surface area contributed by atoms with Gasteiger partial charge in [0.25, 0.3) is 5.70 Å². The number of hydrogen-bond donors (Lipinski definition) is 0. The molecule has 1 aromatic carbocycles. The number of allylic oxidation sites excluding steroid dienone is 2. The molecule has 0 heterocycles. The number of benzene rings is 1. The molecule has 0 spiro atoms. The first-order valence-corrected chi connectivity index (χ1v) is 4.94. The maximum atomic E-state index is 8.83. The fourth-order valence-electron chi connectivity index (χ4n) is 1.89. The second-order valence-corrected chi connectivity index (χ2v) is 3.72. The first-order valence-electron chi connectivity index (χ1n) is 4.56. The maximum Gasteiger partial charge on any atom is 0.265 e. The van der Waals surface area contributed by atoms with E-state index in [0.29, 0.717) is 0 Å². The molecule has 0 aromatic heterocycles. The second kappa shape index (κ2) is 3.77. The van der Waals surface area contributed by atoms with Gasteiger partial charge < -0.3 is 0 Å². The van der Waals surface area contributed by atoms with Crippen molar-refractivity contribution in [3.8, 4) is 6.07 Å². The van der Waals surface area contributed by atoms with Crippen LogP contribution in [0.2, 0.25) is 5.02 Å². The molecule has 1 aliphatic carbocycles. The van der Waals surface area contributed by atoms with Crippen LogP contribution in [0.3, 0.4) is 0 Å². The lowest BCUT2D eigenvalue weighted by Gasteiger charge is -2.01. The highest BCUT2D eigenvalue weighted by Gasteiger charge is 2.21. The molecule has 3 heteroatoms. The van der Waals surface area contributed by atoms with E-state index in [4.69, 9.17) is 23.4 Å². The first kappa shape index (κ1) is 9.77. The second-order valence-electron chi connectivity index (χ2n) is 3.32. The lowest BCUT2D eigenvalue weighted by molar-refractivity contribution is 1.08. The van der Waals surface area contributed by atoms with E-state index in [-0.39, 0.29) is 5.70 Å². The number of fused-ring (bicyclic) bond motifs is 1. The van der Waals surface area contributed by atoms with Gasteiger partial charge in [0.2, 0.25) is 0 Å². The molecule has 2 rings (SSSR count). The van der Waals surface area contributed by atoms with E-state index in [0.717, 1.165) is 34.6 Å². The molecule has 0 unspecified atom stereocenters. The zero-order chi connectivity index (χ0) is 10.8. The van der Waals surface area contributed by atoms with Gasteiger partial charge in [0.1, 0.15) is 0 Å². The van der Waals surface area contributed by atoms with E-state index in [1.165, 1.54) is 0 Å². The zero-order valence-corrected chi connectivity index (χ0v) is 8.67. The number of hydrogen-bond acceptors (Lipinski definition) is 1. The van der Waals surface area contributed by atoms with E-state index in [9.17, 15) is 0 Å². The Balaban J connectivity index is 2.66. The number of nitriles is 1. The molecule has 0 saturated carbocycles. The van der Waals surface area contributed by atoms with Crippen molar-refractivity contribution >= 4 is 17.2 Å². The monoisotopic (exact) mass is 214 g/mol. The highest BCUT2D eigenvalue weighted by molar-refractivity contribution is 6.31. The van der Waals surface area contributed by atoms with Crippen LogP contribution in [0.25, 0.3) is 10.4 Å². The number of halogens is 1. The molecule has 0 N–H and O–H groups in total. The highest BCUT2D eigenvalue weighted by Crippen LogP contribution is 2.38. The summed E-state index contributed by atoms with van der Waals surface area (Å²) in [4.78, 5) is 3.24. The summed E-state index contributed by atoms with van der Waals surface area (Å²) in [6, 6.07) is 7.55. The lowest BCUT2D eigenvalue weighted by atomic mass is 10.1. The topological polar surface area (TPSA) is 28.1 Å². The van der Waals surface area contributed by atoms with E-state index in [1.54, 1.807) is 0 Å². The van der Waals surface area contributed by atoms with Crippen molar-refractivity contribution in [3.05, 3.63) is 51.5 Å². The summed E-state index contributed by atoms with van der Waals surface area (Å²) in [6.45, 7) is 6.93. The maximum absolute atomic E-state index is 8.83. The quantitative estimate of drug-likeness (QED) is 0.480. The molecular formula is C12H7ClN2. The minimum atomic E-state index is 0.191. The molecular weight excluding hydrogens is 208 g/mol. The molecule has 0 fully saturated rings. The predicted octanol–water partition coefficient (Wildman–Crippen LogP) is 3.44. The summed E-state index contributed by atoms with van der Waals surface area (Å²) in [5, 5.41) is 9.55. The Kier molecular flexibility index (Phi) is 2.46. The summed E-state index contributed by atoms with van der Waals surface area (Å²) in [7, 11) is 0.